The van der Waals surface area contributed by atoms with Crippen LogP contribution in [0, 0.1) is 0 Å². The SMILES string of the molecule is CC(=O)OCCCCC(Cc1cccc2ccccc12)c1coc([Si](C)(C)C)c1. The molecule has 3 aromatic rings. The number of carbonyl (C=O) groups excluding carboxylic acids is 1. The number of furan rings is 1. The molecule has 0 amide bonds. The zero-order valence-electron chi connectivity index (χ0n) is 18.0. The molecule has 0 fully saturated rings. The van der Waals surface area contributed by atoms with E-state index >= 15 is 0 Å². The summed E-state index contributed by atoms with van der Waals surface area (Å²) in [6.07, 6.45) is 5.92. The number of esters is 1. The minimum atomic E-state index is -1.47. The van der Waals surface area contributed by atoms with Crippen molar-refractivity contribution in [3.05, 3.63) is 65.9 Å². The maximum atomic E-state index is 11.0. The van der Waals surface area contributed by atoms with Gasteiger partial charge in [0.2, 0.25) is 0 Å². The summed E-state index contributed by atoms with van der Waals surface area (Å²) in [5.41, 5.74) is 2.67. The van der Waals surface area contributed by atoms with Crippen LogP contribution >= 0.6 is 0 Å². The average Bonchev–Trinajstić information content (AvgIpc) is 3.17. The molecule has 0 spiro atoms. The van der Waals surface area contributed by atoms with Gasteiger partial charge in [-0.15, -0.1) is 0 Å². The van der Waals surface area contributed by atoms with Crippen LogP contribution in [0.15, 0.2) is 59.2 Å². The van der Waals surface area contributed by atoms with E-state index < -0.39 is 8.07 Å². The lowest BCUT2D eigenvalue weighted by Crippen LogP contribution is -2.36. The van der Waals surface area contributed by atoms with E-state index in [1.807, 2.05) is 6.26 Å². The molecule has 0 aliphatic carbocycles. The maximum Gasteiger partial charge on any atom is 0.302 e. The van der Waals surface area contributed by atoms with E-state index in [4.69, 9.17) is 9.15 Å². The smallest absolute Gasteiger partial charge is 0.302 e. The monoisotopic (exact) mass is 408 g/mol. The summed E-state index contributed by atoms with van der Waals surface area (Å²) in [7, 11) is -1.47. The largest absolute Gasteiger partial charge is 0.474 e. The summed E-state index contributed by atoms with van der Waals surface area (Å²) in [4.78, 5) is 11.0. The number of ether oxygens (including phenoxy) is 1. The fourth-order valence-electron chi connectivity index (χ4n) is 3.79. The van der Waals surface area contributed by atoms with E-state index in [1.165, 1.54) is 28.8 Å². The number of hydrogen-bond donors (Lipinski definition) is 0. The zero-order chi connectivity index (χ0) is 20.9. The van der Waals surface area contributed by atoms with Gasteiger partial charge in [-0.1, -0.05) is 62.1 Å². The molecule has 0 N–H and O–H groups in total. The molecule has 3 nitrogen and oxygen atoms in total. The summed E-state index contributed by atoms with van der Waals surface area (Å²) in [6.45, 7) is 8.91. The minimum Gasteiger partial charge on any atom is -0.474 e. The van der Waals surface area contributed by atoms with Crippen molar-refractivity contribution in [2.75, 3.05) is 6.61 Å². The van der Waals surface area contributed by atoms with Crippen molar-refractivity contribution in [2.45, 2.75) is 58.2 Å². The normalized spacial score (nSPS) is 12.8. The maximum absolute atomic E-state index is 11.0. The molecule has 1 unspecified atom stereocenters. The van der Waals surface area contributed by atoms with Crippen molar-refractivity contribution in [1.82, 2.24) is 0 Å². The van der Waals surface area contributed by atoms with Gasteiger partial charge in [0.05, 0.1) is 18.3 Å². The third kappa shape index (κ3) is 5.83. The van der Waals surface area contributed by atoms with Crippen LogP contribution in [-0.4, -0.2) is 20.7 Å². The van der Waals surface area contributed by atoms with Crippen LogP contribution < -0.4 is 5.38 Å². The van der Waals surface area contributed by atoms with Crippen molar-refractivity contribution in [3.63, 3.8) is 0 Å². The van der Waals surface area contributed by atoms with Crippen molar-refractivity contribution >= 4 is 30.2 Å². The number of benzene rings is 2. The highest BCUT2D eigenvalue weighted by Crippen LogP contribution is 2.30. The van der Waals surface area contributed by atoms with Crippen LogP contribution in [0.25, 0.3) is 10.8 Å². The lowest BCUT2D eigenvalue weighted by atomic mass is 9.87. The highest BCUT2D eigenvalue weighted by atomic mass is 28.3. The standard InChI is InChI=1S/C25H32O3Si/c1-19(26)27-15-8-7-11-21(23-17-25(28-18-23)29(2,3)4)16-22-13-9-12-20-10-5-6-14-24(20)22/h5-6,9-10,12-14,17-18,21H,7-8,11,15-16H2,1-4H3. The predicted molar refractivity (Wildman–Crippen MR) is 123 cm³/mol. The molecule has 0 radical (unpaired) electrons. The van der Waals surface area contributed by atoms with Crippen LogP contribution in [0.2, 0.25) is 19.6 Å². The highest BCUT2D eigenvalue weighted by Gasteiger charge is 2.23. The fourth-order valence-corrected chi connectivity index (χ4v) is 4.80. The molecule has 1 heterocycles. The molecule has 2 aromatic carbocycles. The quantitative estimate of drug-likeness (QED) is 0.246. The molecule has 0 aliphatic rings. The third-order valence-electron chi connectivity index (χ3n) is 5.43. The molecule has 0 saturated carbocycles. The molecule has 1 atom stereocenters. The molecule has 154 valence electrons. The molecule has 4 heteroatoms. The molecule has 3 rings (SSSR count). The van der Waals surface area contributed by atoms with Crippen molar-refractivity contribution in [1.29, 1.82) is 0 Å². The molecule has 29 heavy (non-hydrogen) atoms. The van der Waals surface area contributed by atoms with E-state index in [1.54, 1.807) is 0 Å². The Morgan fingerprint density at radius 1 is 1.07 bits per heavy atom. The summed E-state index contributed by atoms with van der Waals surface area (Å²) in [5.74, 6) is 0.193. The Hall–Kier alpha value is -2.33. The topological polar surface area (TPSA) is 39.4 Å². The second kappa shape index (κ2) is 9.44. The van der Waals surface area contributed by atoms with Gasteiger partial charge in [-0.3, -0.25) is 4.79 Å². The molecule has 1 aromatic heterocycles. The van der Waals surface area contributed by atoms with Gasteiger partial charge in [-0.2, -0.15) is 0 Å². The Kier molecular flexibility index (Phi) is 6.96. The van der Waals surface area contributed by atoms with E-state index in [0.29, 0.717) is 12.5 Å². The van der Waals surface area contributed by atoms with E-state index in [2.05, 4.69) is 68.2 Å². The summed E-state index contributed by atoms with van der Waals surface area (Å²) in [5, 5.41) is 3.78. The van der Waals surface area contributed by atoms with E-state index in [0.717, 1.165) is 31.1 Å². The van der Waals surface area contributed by atoms with Crippen LogP contribution in [0.1, 0.15) is 43.2 Å². The van der Waals surface area contributed by atoms with Crippen LogP contribution in [-0.2, 0) is 16.0 Å². The second-order valence-electron chi connectivity index (χ2n) is 8.87. The van der Waals surface area contributed by atoms with Gasteiger partial charge < -0.3 is 9.15 Å². The first-order valence-corrected chi connectivity index (χ1v) is 14.0. The van der Waals surface area contributed by atoms with E-state index in [-0.39, 0.29) is 5.97 Å². The summed E-state index contributed by atoms with van der Waals surface area (Å²) >= 11 is 0. The van der Waals surface area contributed by atoms with Crippen LogP contribution in [0.5, 0.6) is 0 Å². The Labute approximate surface area is 175 Å². The number of fused-ring (bicyclic) bond motifs is 1. The Bertz CT molecular complexity index is 947. The molecular formula is C25H32O3Si. The van der Waals surface area contributed by atoms with Gasteiger partial charge in [0.1, 0.15) is 8.07 Å². The van der Waals surface area contributed by atoms with Gasteiger partial charge in [-0.25, -0.2) is 0 Å². The first-order chi connectivity index (χ1) is 13.8. The van der Waals surface area contributed by atoms with Gasteiger partial charge >= 0.3 is 5.97 Å². The number of unbranched alkanes of at least 4 members (excludes halogenated alkanes) is 1. The Morgan fingerprint density at radius 2 is 1.83 bits per heavy atom. The molecule has 0 saturated heterocycles. The van der Waals surface area contributed by atoms with Crippen LogP contribution in [0.4, 0.5) is 0 Å². The first kappa shape index (κ1) is 21.4. The van der Waals surface area contributed by atoms with Crippen molar-refractivity contribution in [2.24, 2.45) is 0 Å². The molecule has 0 aliphatic heterocycles. The minimum absolute atomic E-state index is 0.202. The lowest BCUT2D eigenvalue weighted by molar-refractivity contribution is -0.141. The summed E-state index contributed by atoms with van der Waals surface area (Å²) < 4.78 is 11.1. The van der Waals surface area contributed by atoms with Crippen LogP contribution in [0.3, 0.4) is 0 Å². The fraction of sp³-hybridized carbons (Fsp3) is 0.400. The summed E-state index contributed by atoms with van der Waals surface area (Å²) in [6, 6.07) is 17.4. The van der Waals surface area contributed by atoms with Gasteiger partial charge in [0.15, 0.2) is 0 Å². The third-order valence-corrected chi connectivity index (χ3v) is 7.17. The van der Waals surface area contributed by atoms with Gasteiger partial charge in [0, 0.05) is 6.92 Å². The first-order valence-electron chi connectivity index (χ1n) is 10.5. The van der Waals surface area contributed by atoms with Crippen molar-refractivity contribution < 1.29 is 13.9 Å². The number of hydrogen-bond acceptors (Lipinski definition) is 3. The average molecular weight is 409 g/mol. The Morgan fingerprint density at radius 3 is 2.55 bits per heavy atom. The van der Waals surface area contributed by atoms with Gasteiger partial charge in [0.25, 0.3) is 0 Å². The highest BCUT2D eigenvalue weighted by molar-refractivity contribution is 6.87. The van der Waals surface area contributed by atoms with Crippen molar-refractivity contribution in [3.8, 4) is 0 Å². The number of carbonyl (C=O) groups is 1. The van der Waals surface area contributed by atoms with E-state index in [9.17, 15) is 4.79 Å². The predicted octanol–water partition coefficient (Wildman–Crippen LogP) is 6.04. The molecular weight excluding hydrogens is 376 g/mol. The number of rotatable bonds is 9. The molecule has 0 bridgehead atoms. The lowest BCUT2D eigenvalue weighted by Gasteiger charge is -2.17. The Balaban J connectivity index is 1.80. The van der Waals surface area contributed by atoms with Gasteiger partial charge in [-0.05, 0) is 59.6 Å². The second-order valence-corrected chi connectivity index (χ2v) is 13.9. The zero-order valence-corrected chi connectivity index (χ0v) is 19.0.